The van der Waals surface area contributed by atoms with Crippen LogP contribution in [0.3, 0.4) is 0 Å². The fourth-order valence-electron chi connectivity index (χ4n) is 3.05. The van der Waals surface area contributed by atoms with Crippen LogP contribution in [-0.4, -0.2) is 49.3 Å². The first kappa shape index (κ1) is 12.9. The zero-order chi connectivity index (χ0) is 12.9. The van der Waals surface area contributed by atoms with E-state index in [1.54, 1.807) is 0 Å². The highest BCUT2D eigenvalue weighted by molar-refractivity contribution is 5.33. The van der Waals surface area contributed by atoms with E-state index < -0.39 is 0 Å². The van der Waals surface area contributed by atoms with Gasteiger partial charge in [0.1, 0.15) is 5.82 Å². The fraction of sp³-hybridized carbons (Fsp3) is 0.667. The molecular weight excluding hydrogens is 238 g/mol. The van der Waals surface area contributed by atoms with Crippen LogP contribution >= 0.6 is 0 Å². The second-order valence-corrected chi connectivity index (χ2v) is 5.74. The minimum Gasteiger partial charge on any atom is -0.381 e. The Morgan fingerprint density at radius 2 is 2.32 bits per heavy atom. The van der Waals surface area contributed by atoms with Crippen molar-refractivity contribution in [3.05, 3.63) is 24.4 Å². The van der Waals surface area contributed by atoms with E-state index in [9.17, 15) is 0 Å². The molecule has 2 aliphatic rings. The van der Waals surface area contributed by atoms with E-state index in [1.807, 2.05) is 24.4 Å². The molecule has 2 aliphatic heterocycles. The largest absolute Gasteiger partial charge is 0.381 e. The van der Waals surface area contributed by atoms with E-state index in [0.29, 0.717) is 0 Å². The number of hydrogen-bond acceptors (Lipinski definition) is 4. The molecule has 0 saturated carbocycles. The van der Waals surface area contributed by atoms with Gasteiger partial charge in [-0.25, -0.2) is 4.98 Å². The summed E-state index contributed by atoms with van der Waals surface area (Å²) in [5.74, 6) is 2.51. The molecule has 4 nitrogen and oxygen atoms in total. The van der Waals surface area contributed by atoms with Crippen LogP contribution in [0.5, 0.6) is 0 Å². The van der Waals surface area contributed by atoms with Gasteiger partial charge in [0.05, 0.1) is 6.61 Å². The van der Waals surface area contributed by atoms with Crippen molar-refractivity contribution in [3.8, 4) is 0 Å². The van der Waals surface area contributed by atoms with Crippen molar-refractivity contribution in [2.45, 2.75) is 12.8 Å². The smallest absolute Gasteiger partial charge is 0.125 e. The monoisotopic (exact) mass is 261 g/mol. The van der Waals surface area contributed by atoms with E-state index in [4.69, 9.17) is 4.74 Å². The number of pyridine rings is 1. The van der Waals surface area contributed by atoms with Crippen molar-refractivity contribution >= 4 is 5.82 Å². The van der Waals surface area contributed by atoms with Crippen molar-refractivity contribution < 1.29 is 4.74 Å². The Hall–Kier alpha value is -1.13. The van der Waals surface area contributed by atoms with Gasteiger partial charge in [-0.15, -0.1) is 0 Å². The maximum Gasteiger partial charge on any atom is 0.125 e. The fourth-order valence-corrected chi connectivity index (χ4v) is 3.05. The molecule has 1 aromatic heterocycles. The van der Waals surface area contributed by atoms with Gasteiger partial charge < -0.3 is 15.0 Å². The summed E-state index contributed by atoms with van der Waals surface area (Å²) in [5.41, 5.74) is 0. The maximum absolute atomic E-state index is 5.45. The predicted octanol–water partition coefficient (Wildman–Crippen LogP) is 1.85. The first-order chi connectivity index (χ1) is 9.40. The molecule has 2 fully saturated rings. The van der Waals surface area contributed by atoms with Gasteiger partial charge in [0.15, 0.2) is 0 Å². The van der Waals surface area contributed by atoms with Crippen molar-refractivity contribution in [1.82, 2.24) is 9.88 Å². The predicted molar refractivity (Wildman–Crippen MR) is 76.2 cm³/mol. The van der Waals surface area contributed by atoms with Gasteiger partial charge in [-0.3, -0.25) is 0 Å². The molecule has 19 heavy (non-hydrogen) atoms. The summed E-state index contributed by atoms with van der Waals surface area (Å²) >= 11 is 0. The van der Waals surface area contributed by atoms with E-state index in [-0.39, 0.29) is 0 Å². The van der Waals surface area contributed by atoms with Gasteiger partial charge >= 0.3 is 0 Å². The SMILES string of the molecule is c1ccc(NC[C@H]2CCN(C[C@H]3CCOC3)C2)nc1. The lowest BCUT2D eigenvalue weighted by molar-refractivity contribution is 0.173. The first-order valence-electron chi connectivity index (χ1n) is 7.35. The molecule has 0 bridgehead atoms. The molecule has 0 spiro atoms. The van der Waals surface area contributed by atoms with Gasteiger partial charge in [-0.05, 0) is 43.4 Å². The number of ether oxygens (including phenoxy) is 1. The summed E-state index contributed by atoms with van der Waals surface area (Å²) in [4.78, 5) is 6.90. The van der Waals surface area contributed by atoms with Crippen molar-refractivity contribution in [1.29, 1.82) is 0 Å². The van der Waals surface area contributed by atoms with E-state index in [1.165, 1.54) is 32.5 Å². The van der Waals surface area contributed by atoms with Gasteiger partial charge in [0.25, 0.3) is 0 Å². The zero-order valence-electron chi connectivity index (χ0n) is 11.4. The molecule has 3 rings (SSSR count). The highest BCUT2D eigenvalue weighted by Gasteiger charge is 2.26. The average molecular weight is 261 g/mol. The summed E-state index contributed by atoms with van der Waals surface area (Å²) in [6.07, 6.45) is 4.38. The lowest BCUT2D eigenvalue weighted by Crippen LogP contribution is -2.28. The van der Waals surface area contributed by atoms with Crippen molar-refractivity contribution in [3.63, 3.8) is 0 Å². The number of anilines is 1. The Kier molecular flexibility index (Phi) is 4.30. The number of rotatable bonds is 5. The molecule has 104 valence electrons. The van der Waals surface area contributed by atoms with Gasteiger partial charge in [-0.1, -0.05) is 6.07 Å². The molecule has 0 aliphatic carbocycles. The highest BCUT2D eigenvalue weighted by atomic mass is 16.5. The number of hydrogen-bond donors (Lipinski definition) is 1. The second kappa shape index (κ2) is 6.35. The van der Waals surface area contributed by atoms with E-state index in [0.717, 1.165) is 37.4 Å². The van der Waals surface area contributed by atoms with Gasteiger partial charge in [0.2, 0.25) is 0 Å². The van der Waals surface area contributed by atoms with Crippen LogP contribution in [0, 0.1) is 11.8 Å². The number of nitrogens with zero attached hydrogens (tertiary/aromatic N) is 2. The number of likely N-dealkylation sites (tertiary alicyclic amines) is 1. The molecule has 1 aromatic rings. The summed E-state index contributed by atoms with van der Waals surface area (Å²) in [5, 5.41) is 3.44. The molecule has 0 amide bonds. The third-order valence-corrected chi connectivity index (χ3v) is 4.15. The molecule has 0 aromatic carbocycles. The van der Waals surface area contributed by atoms with Crippen LogP contribution in [0.1, 0.15) is 12.8 Å². The Morgan fingerprint density at radius 3 is 3.11 bits per heavy atom. The standard InChI is InChI=1S/C15H23N3O/c1-2-6-16-15(3-1)17-9-13-4-7-18(10-13)11-14-5-8-19-12-14/h1-3,6,13-14H,4-5,7-12H2,(H,16,17)/t13-,14-/m1/s1. The lowest BCUT2D eigenvalue weighted by atomic mass is 10.1. The number of aromatic nitrogens is 1. The normalized spacial score (nSPS) is 27.8. The maximum atomic E-state index is 5.45. The summed E-state index contributed by atoms with van der Waals surface area (Å²) < 4.78 is 5.45. The van der Waals surface area contributed by atoms with Gasteiger partial charge in [-0.2, -0.15) is 0 Å². The van der Waals surface area contributed by atoms with E-state index >= 15 is 0 Å². The molecule has 0 radical (unpaired) electrons. The second-order valence-electron chi connectivity index (χ2n) is 5.74. The van der Waals surface area contributed by atoms with Crippen LogP contribution < -0.4 is 5.32 Å². The van der Waals surface area contributed by atoms with Crippen LogP contribution in [0.15, 0.2) is 24.4 Å². The van der Waals surface area contributed by atoms with Crippen molar-refractivity contribution in [2.24, 2.45) is 11.8 Å². The highest BCUT2D eigenvalue weighted by Crippen LogP contribution is 2.21. The van der Waals surface area contributed by atoms with E-state index in [2.05, 4.69) is 15.2 Å². The Morgan fingerprint density at radius 1 is 1.32 bits per heavy atom. The minimum atomic E-state index is 0.754. The lowest BCUT2D eigenvalue weighted by Gasteiger charge is -2.19. The third-order valence-electron chi connectivity index (χ3n) is 4.15. The Bertz CT molecular complexity index is 378. The minimum absolute atomic E-state index is 0.754. The Balaban J connectivity index is 1.39. The molecule has 1 N–H and O–H groups in total. The van der Waals surface area contributed by atoms with Crippen LogP contribution in [0.4, 0.5) is 5.82 Å². The molecule has 4 heteroatoms. The Labute approximate surface area is 115 Å². The summed E-state index contributed by atoms with van der Waals surface area (Å²) in [7, 11) is 0. The third kappa shape index (κ3) is 3.67. The topological polar surface area (TPSA) is 37.4 Å². The van der Waals surface area contributed by atoms with Crippen LogP contribution in [-0.2, 0) is 4.74 Å². The molecule has 0 unspecified atom stereocenters. The molecule has 2 saturated heterocycles. The van der Waals surface area contributed by atoms with Gasteiger partial charge in [0, 0.05) is 32.4 Å². The first-order valence-corrected chi connectivity index (χ1v) is 7.35. The summed E-state index contributed by atoms with van der Waals surface area (Å²) in [6.45, 7) is 6.65. The van der Waals surface area contributed by atoms with Crippen molar-refractivity contribution in [2.75, 3.05) is 44.7 Å². The number of nitrogens with one attached hydrogen (secondary N) is 1. The summed E-state index contributed by atoms with van der Waals surface area (Å²) in [6, 6.07) is 6.01. The molecule has 2 atom stereocenters. The van der Waals surface area contributed by atoms with Crippen LogP contribution in [0.25, 0.3) is 0 Å². The molecular formula is C15H23N3O. The quantitative estimate of drug-likeness (QED) is 0.878. The zero-order valence-corrected chi connectivity index (χ0v) is 11.4. The van der Waals surface area contributed by atoms with Crippen LogP contribution in [0.2, 0.25) is 0 Å². The average Bonchev–Trinajstić information content (AvgIpc) is 3.10. The molecule has 3 heterocycles.